The Morgan fingerprint density at radius 2 is 1.56 bits per heavy atom. The summed E-state index contributed by atoms with van der Waals surface area (Å²) in [5, 5.41) is 40.6. The van der Waals surface area contributed by atoms with Gasteiger partial charge in [0, 0.05) is 69.5 Å². The topological polar surface area (TPSA) is 235 Å². The first-order valence-corrected chi connectivity index (χ1v) is 30.7. The summed E-state index contributed by atoms with van der Waals surface area (Å²) in [6.07, 6.45) is 20.0. The molecule has 0 unspecified atom stereocenters. The lowest BCUT2D eigenvalue weighted by molar-refractivity contribution is -0.143. The first-order valence-electron chi connectivity index (χ1n) is 29.8. The summed E-state index contributed by atoms with van der Waals surface area (Å²) in [5.74, 6) is -0.589. The molecule has 20 heteroatoms. The SMILES string of the molecule is CN[C@@H](C)C(=O)N[C@H](C(=O)N1C[C@@H](NC(=O)CCCCCCCCCCC(=O)N2CCN(c3nnc(-c4cnc(-c5ccc6cc(C#N)cnn56)cc4NC(C)C)s3)CC2)C[C@H]1C(=O)N[C@@H]1CCCc2ccccc21)C1CCCCC1. The molecule has 2 saturated heterocycles. The number of fused-ring (bicyclic) bond motifs is 2. The van der Waals surface area contributed by atoms with Crippen LogP contribution in [0.25, 0.3) is 27.5 Å². The second-order valence-electron chi connectivity index (χ2n) is 23.0. The summed E-state index contributed by atoms with van der Waals surface area (Å²) in [6, 6.07) is 15.7. The molecule has 432 valence electrons. The minimum atomic E-state index is -0.768. The number of aryl methyl sites for hydroxylation is 1. The highest BCUT2D eigenvalue weighted by atomic mass is 32.1. The fraction of sp³-hybridized carbons (Fsp3) is 0.574. The van der Waals surface area contributed by atoms with Gasteiger partial charge in [0.15, 0.2) is 5.01 Å². The number of pyridine rings is 1. The van der Waals surface area contributed by atoms with E-state index in [0.717, 1.165) is 147 Å². The standard InChI is InChI=1S/C61H82N14O5S/c1-40(2)66-50-35-51(52-28-27-46-33-42(36-62)37-65-75(46)52)64-38-48(50)59-70-71-61(81-59)73-31-29-72(30-32-73)55(77)26-15-10-8-6-5-7-9-14-25-54(76)67-45-34-53(58(79)68-49-24-18-22-43-19-16-17-23-47(43)49)74(39-45)60(80)56(44-20-12-11-13-21-44)69-57(78)41(3)63-4/h16-17,19,23,27-28,33,35,37-38,40-41,44-45,49,53,56,63H,5-15,18,20-22,24-26,29-32,34,39H2,1-4H3,(H,64,66)(H,67,76)(H,68,79)(H,69,78)/t41-,45-,49+,53-,56-/m0/s1. The Hall–Kier alpha value is -6.98. The molecule has 4 aliphatic rings. The van der Waals surface area contributed by atoms with E-state index in [-0.39, 0.29) is 60.1 Å². The molecule has 0 radical (unpaired) electrons. The fourth-order valence-corrected chi connectivity index (χ4v) is 13.1. The molecular weight excluding hydrogens is 1040 g/mol. The molecule has 5 N–H and O–H groups in total. The second kappa shape index (κ2) is 28.1. The number of rotatable bonds is 24. The largest absolute Gasteiger partial charge is 0.382 e. The minimum absolute atomic E-state index is 0.0204. The molecule has 4 aromatic heterocycles. The van der Waals surface area contributed by atoms with Crippen LogP contribution in [0, 0.1) is 17.2 Å². The van der Waals surface area contributed by atoms with Gasteiger partial charge in [-0.15, -0.1) is 10.2 Å². The molecule has 5 aromatic rings. The predicted octanol–water partition coefficient (Wildman–Crippen LogP) is 8.11. The number of unbranched alkanes of at least 4 members (excludes halogenated alkanes) is 7. The zero-order valence-electron chi connectivity index (χ0n) is 47.8. The number of amides is 5. The van der Waals surface area contributed by atoms with Crippen molar-refractivity contribution >= 4 is 57.2 Å². The first-order chi connectivity index (χ1) is 39.4. The van der Waals surface area contributed by atoms with Gasteiger partial charge in [-0.2, -0.15) is 10.4 Å². The van der Waals surface area contributed by atoms with E-state index in [1.807, 2.05) is 41.4 Å². The Kier molecular flexibility index (Phi) is 20.4. The maximum atomic E-state index is 14.7. The van der Waals surface area contributed by atoms with Crippen molar-refractivity contribution in [1.82, 2.24) is 55.9 Å². The van der Waals surface area contributed by atoms with Crippen molar-refractivity contribution in [3.63, 3.8) is 0 Å². The average Bonchev–Trinajstić information content (AvgIpc) is 4.27. The fourth-order valence-electron chi connectivity index (χ4n) is 12.2. The minimum Gasteiger partial charge on any atom is -0.382 e. The summed E-state index contributed by atoms with van der Waals surface area (Å²) in [4.78, 5) is 79.6. The van der Waals surface area contributed by atoms with Gasteiger partial charge in [-0.1, -0.05) is 93.4 Å². The van der Waals surface area contributed by atoms with Gasteiger partial charge in [0.25, 0.3) is 0 Å². The molecule has 19 nitrogen and oxygen atoms in total. The Morgan fingerprint density at radius 1 is 0.815 bits per heavy atom. The molecule has 2 aliphatic heterocycles. The smallest absolute Gasteiger partial charge is 0.246 e. The zero-order chi connectivity index (χ0) is 56.8. The third kappa shape index (κ3) is 14.9. The third-order valence-corrected chi connectivity index (χ3v) is 17.8. The van der Waals surface area contributed by atoms with Gasteiger partial charge >= 0.3 is 0 Å². The Labute approximate surface area is 480 Å². The summed E-state index contributed by atoms with van der Waals surface area (Å²) in [7, 11) is 1.72. The van der Waals surface area contributed by atoms with Crippen LogP contribution in [0.15, 0.2) is 60.9 Å². The second-order valence-corrected chi connectivity index (χ2v) is 23.9. The number of aromatic nitrogens is 5. The van der Waals surface area contributed by atoms with Crippen molar-refractivity contribution in [3.8, 4) is 28.0 Å². The number of nitriles is 1. The van der Waals surface area contributed by atoms with Crippen molar-refractivity contribution in [3.05, 3.63) is 77.6 Å². The predicted molar refractivity (Wildman–Crippen MR) is 315 cm³/mol. The van der Waals surface area contributed by atoms with Gasteiger partial charge < -0.3 is 41.3 Å². The molecule has 0 spiro atoms. The molecule has 5 amide bonds. The van der Waals surface area contributed by atoms with Crippen LogP contribution in [-0.2, 0) is 30.4 Å². The summed E-state index contributed by atoms with van der Waals surface area (Å²) < 4.78 is 1.78. The lowest BCUT2D eigenvalue weighted by Gasteiger charge is -2.35. The number of nitrogens with zero attached hydrogens (tertiary/aromatic N) is 9. The summed E-state index contributed by atoms with van der Waals surface area (Å²) in [6.45, 7) is 8.82. The maximum Gasteiger partial charge on any atom is 0.246 e. The van der Waals surface area contributed by atoms with E-state index in [1.165, 1.54) is 16.9 Å². The van der Waals surface area contributed by atoms with E-state index in [9.17, 15) is 29.2 Å². The molecule has 9 rings (SSSR count). The quantitative estimate of drug-likeness (QED) is 0.0368. The van der Waals surface area contributed by atoms with Crippen LogP contribution < -0.4 is 31.5 Å². The van der Waals surface area contributed by atoms with E-state index in [0.29, 0.717) is 51.0 Å². The van der Waals surface area contributed by atoms with Crippen LogP contribution in [0.1, 0.15) is 159 Å². The third-order valence-electron chi connectivity index (χ3n) is 16.8. The van der Waals surface area contributed by atoms with Gasteiger partial charge in [0.05, 0.1) is 46.3 Å². The van der Waals surface area contributed by atoms with Crippen molar-refractivity contribution in [1.29, 1.82) is 5.26 Å². The molecule has 5 atom stereocenters. The van der Waals surface area contributed by atoms with E-state index < -0.39 is 18.1 Å². The summed E-state index contributed by atoms with van der Waals surface area (Å²) in [5.41, 5.74) is 6.98. The van der Waals surface area contributed by atoms with Crippen LogP contribution in [0.5, 0.6) is 0 Å². The van der Waals surface area contributed by atoms with E-state index >= 15 is 0 Å². The molecule has 1 aromatic carbocycles. The highest BCUT2D eigenvalue weighted by molar-refractivity contribution is 7.18. The Morgan fingerprint density at radius 3 is 2.30 bits per heavy atom. The molecule has 1 saturated carbocycles. The van der Waals surface area contributed by atoms with E-state index in [2.05, 4.69) is 78.8 Å². The normalized spacial score (nSPS) is 19.2. The van der Waals surface area contributed by atoms with Crippen LogP contribution in [0.3, 0.4) is 0 Å². The van der Waals surface area contributed by atoms with Crippen LogP contribution in [-0.4, -0.2) is 134 Å². The first kappa shape index (κ1) is 58.7. The number of benzene rings is 1. The van der Waals surface area contributed by atoms with Gasteiger partial charge in [-0.3, -0.25) is 29.0 Å². The number of piperazine rings is 1. The van der Waals surface area contributed by atoms with Crippen molar-refractivity contribution < 1.29 is 24.0 Å². The number of hydrogen-bond acceptors (Lipinski definition) is 14. The number of likely N-dealkylation sites (tertiary alicyclic amines) is 1. The number of likely N-dealkylation sites (N-methyl/N-ethyl adjacent to an activating group) is 1. The molecule has 81 heavy (non-hydrogen) atoms. The summed E-state index contributed by atoms with van der Waals surface area (Å²) >= 11 is 1.52. The van der Waals surface area contributed by atoms with Crippen LogP contribution >= 0.6 is 11.3 Å². The van der Waals surface area contributed by atoms with Crippen LogP contribution in [0.4, 0.5) is 10.8 Å². The highest BCUT2D eigenvalue weighted by Crippen LogP contribution is 2.37. The maximum absolute atomic E-state index is 14.7. The molecule has 6 heterocycles. The lowest BCUT2D eigenvalue weighted by Crippen LogP contribution is -2.58. The molecule has 3 fully saturated rings. The number of nitrogens with one attached hydrogen (secondary N) is 5. The number of carbonyl (C=O) groups is 5. The monoisotopic (exact) mass is 1120 g/mol. The Bertz CT molecular complexity index is 3010. The molecular formula is C61H82N14O5S. The van der Waals surface area contributed by atoms with Crippen molar-refractivity contribution in [2.24, 2.45) is 5.92 Å². The van der Waals surface area contributed by atoms with Gasteiger partial charge in [0.1, 0.15) is 18.2 Å². The number of hydrogen-bond donors (Lipinski definition) is 5. The molecule has 0 bridgehead atoms. The Balaban J connectivity index is 0.678. The molecule has 2 aliphatic carbocycles. The average molecular weight is 1120 g/mol. The lowest BCUT2D eigenvalue weighted by atomic mass is 9.83. The highest BCUT2D eigenvalue weighted by Gasteiger charge is 2.45. The zero-order valence-corrected chi connectivity index (χ0v) is 48.6. The van der Waals surface area contributed by atoms with E-state index in [1.54, 1.807) is 35.6 Å². The van der Waals surface area contributed by atoms with E-state index in [4.69, 9.17) is 4.98 Å². The number of anilines is 2. The van der Waals surface area contributed by atoms with Gasteiger partial charge in [-0.05, 0) is 120 Å². The van der Waals surface area contributed by atoms with Gasteiger partial charge in [0.2, 0.25) is 34.7 Å². The van der Waals surface area contributed by atoms with Crippen molar-refractivity contribution in [2.45, 2.75) is 179 Å². The van der Waals surface area contributed by atoms with Crippen molar-refractivity contribution in [2.75, 3.05) is 50.0 Å². The number of carbonyl (C=O) groups excluding carboxylic acids is 5. The van der Waals surface area contributed by atoms with Gasteiger partial charge in [-0.25, -0.2) is 4.52 Å². The van der Waals surface area contributed by atoms with Crippen LogP contribution in [0.2, 0.25) is 0 Å².